The van der Waals surface area contributed by atoms with Gasteiger partial charge in [-0.1, -0.05) is 24.3 Å². The molecular formula is C20H12N2O2S. The molecule has 0 bridgehead atoms. The average molecular weight is 344 g/mol. The third-order valence-electron chi connectivity index (χ3n) is 4.62. The van der Waals surface area contributed by atoms with E-state index in [1.165, 1.54) is 0 Å². The van der Waals surface area contributed by atoms with Gasteiger partial charge in [0.05, 0.1) is 16.0 Å². The Morgan fingerprint density at radius 1 is 0.920 bits per heavy atom. The Hall–Kier alpha value is -3.05. The Labute approximate surface area is 147 Å². The van der Waals surface area contributed by atoms with Crippen molar-refractivity contribution in [1.82, 2.24) is 9.97 Å². The number of aromatic nitrogens is 2. The number of nitrogens with one attached hydrogen (secondary N) is 1. The molecule has 2 aromatic carbocycles. The van der Waals surface area contributed by atoms with Crippen LogP contribution in [0.15, 0.2) is 47.8 Å². The van der Waals surface area contributed by atoms with E-state index in [-0.39, 0.29) is 11.6 Å². The van der Waals surface area contributed by atoms with Crippen molar-refractivity contribution in [2.24, 2.45) is 0 Å². The number of H-pyrrole nitrogens is 1. The van der Waals surface area contributed by atoms with Crippen LogP contribution in [0.25, 0.3) is 21.7 Å². The molecule has 1 N–H and O–H groups in total. The van der Waals surface area contributed by atoms with Crippen molar-refractivity contribution in [3.63, 3.8) is 0 Å². The minimum Gasteiger partial charge on any atom is -0.337 e. The van der Waals surface area contributed by atoms with Crippen molar-refractivity contribution in [3.05, 3.63) is 75.7 Å². The summed E-state index contributed by atoms with van der Waals surface area (Å²) in [5.41, 5.74) is 4.20. The molecule has 4 nitrogen and oxygen atoms in total. The van der Waals surface area contributed by atoms with Crippen molar-refractivity contribution in [2.45, 2.75) is 6.92 Å². The molecule has 0 fully saturated rings. The van der Waals surface area contributed by atoms with Crippen molar-refractivity contribution in [1.29, 1.82) is 0 Å². The van der Waals surface area contributed by atoms with E-state index in [1.807, 2.05) is 24.4 Å². The van der Waals surface area contributed by atoms with Crippen molar-refractivity contribution in [2.75, 3.05) is 0 Å². The Morgan fingerprint density at radius 2 is 1.68 bits per heavy atom. The molecule has 120 valence electrons. The smallest absolute Gasteiger partial charge is 0.196 e. The lowest BCUT2D eigenvalue weighted by Crippen LogP contribution is -2.21. The number of thiophene rings is 1. The lowest BCUT2D eigenvalue weighted by molar-refractivity contribution is 0.0980. The third-order valence-corrected chi connectivity index (χ3v) is 5.64. The summed E-state index contributed by atoms with van der Waals surface area (Å²) in [7, 11) is 0. The van der Waals surface area contributed by atoms with Crippen LogP contribution in [-0.2, 0) is 0 Å². The zero-order valence-corrected chi connectivity index (χ0v) is 14.1. The highest BCUT2D eigenvalue weighted by Crippen LogP contribution is 2.34. The summed E-state index contributed by atoms with van der Waals surface area (Å²) in [5, 5.41) is 2.01. The van der Waals surface area contributed by atoms with Gasteiger partial charge in [-0.25, -0.2) is 4.98 Å². The van der Waals surface area contributed by atoms with Crippen LogP contribution >= 0.6 is 11.3 Å². The van der Waals surface area contributed by atoms with Crippen LogP contribution in [0.2, 0.25) is 0 Å². The Bertz CT molecular complexity index is 1200. The quantitative estimate of drug-likeness (QED) is 0.491. The molecule has 5 rings (SSSR count). The standard InChI is InChI=1S/C20H12N2O2S/c1-10-8-9-25-19(10)20-21-14-7-6-13-15(16(14)22-20)18(24)12-5-3-2-4-11(12)17(13)23/h2-9H,1H3,(H,21,22). The number of benzene rings is 2. The van der Waals surface area contributed by atoms with Gasteiger partial charge < -0.3 is 4.98 Å². The van der Waals surface area contributed by atoms with E-state index in [0.717, 1.165) is 21.8 Å². The zero-order valence-electron chi connectivity index (χ0n) is 13.3. The molecule has 2 heterocycles. The summed E-state index contributed by atoms with van der Waals surface area (Å²) < 4.78 is 0. The highest BCUT2D eigenvalue weighted by Gasteiger charge is 2.32. The number of rotatable bonds is 1. The summed E-state index contributed by atoms with van der Waals surface area (Å²) in [6, 6.07) is 12.5. The molecule has 0 unspecified atom stereocenters. The Morgan fingerprint density at radius 3 is 2.40 bits per heavy atom. The van der Waals surface area contributed by atoms with E-state index in [0.29, 0.717) is 27.8 Å². The summed E-state index contributed by atoms with van der Waals surface area (Å²) in [6.07, 6.45) is 0. The second kappa shape index (κ2) is 4.97. The molecule has 4 aromatic rings. The summed E-state index contributed by atoms with van der Waals surface area (Å²) >= 11 is 1.60. The maximum absolute atomic E-state index is 13.0. The number of ketones is 2. The molecule has 0 aliphatic heterocycles. The first-order valence-electron chi connectivity index (χ1n) is 7.91. The maximum atomic E-state index is 13.0. The fraction of sp³-hybridized carbons (Fsp3) is 0.0500. The fourth-order valence-electron chi connectivity index (χ4n) is 3.38. The number of hydrogen-bond donors (Lipinski definition) is 1. The first-order chi connectivity index (χ1) is 12.1. The molecule has 5 heteroatoms. The number of fused-ring (bicyclic) bond motifs is 4. The van der Waals surface area contributed by atoms with Gasteiger partial charge in [0.25, 0.3) is 0 Å². The van der Waals surface area contributed by atoms with Gasteiger partial charge in [-0.15, -0.1) is 11.3 Å². The fourth-order valence-corrected chi connectivity index (χ4v) is 4.25. The van der Waals surface area contributed by atoms with Gasteiger partial charge in [0.2, 0.25) is 0 Å². The molecule has 0 amide bonds. The van der Waals surface area contributed by atoms with E-state index in [4.69, 9.17) is 0 Å². The molecule has 0 atom stereocenters. The maximum Gasteiger partial charge on any atom is 0.196 e. The molecular weight excluding hydrogens is 332 g/mol. The second-order valence-corrected chi connectivity index (χ2v) is 7.02. The normalized spacial score (nSPS) is 13.2. The third kappa shape index (κ3) is 1.90. The molecule has 2 aromatic heterocycles. The van der Waals surface area contributed by atoms with Gasteiger partial charge in [-0.3, -0.25) is 9.59 Å². The van der Waals surface area contributed by atoms with Crippen LogP contribution in [0.1, 0.15) is 37.4 Å². The molecule has 1 aliphatic carbocycles. The monoisotopic (exact) mass is 344 g/mol. The van der Waals surface area contributed by atoms with Gasteiger partial charge in [-0.2, -0.15) is 0 Å². The zero-order chi connectivity index (χ0) is 17.1. The van der Waals surface area contributed by atoms with Crippen molar-refractivity contribution in [3.8, 4) is 10.7 Å². The van der Waals surface area contributed by atoms with Crippen LogP contribution in [0.5, 0.6) is 0 Å². The summed E-state index contributed by atoms with van der Waals surface area (Å²) in [5.74, 6) is 0.468. The summed E-state index contributed by atoms with van der Waals surface area (Å²) in [6.45, 7) is 2.03. The number of aromatic amines is 1. The lowest BCUT2D eigenvalue weighted by Gasteiger charge is -2.17. The highest BCUT2D eigenvalue weighted by atomic mass is 32.1. The van der Waals surface area contributed by atoms with Crippen molar-refractivity contribution < 1.29 is 9.59 Å². The number of imidazole rings is 1. The molecule has 0 saturated carbocycles. The first kappa shape index (κ1) is 14.3. The van der Waals surface area contributed by atoms with Crippen LogP contribution < -0.4 is 0 Å². The first-order valence-corrected chi connectivity index (χ1v) is 8.78. The SMILES string of the molecule is Cc1ccsc1-c1nc2c3c(ccc2[nH]1)C(=O)c1ccccc1C3=O. The van der Waals surface area contributed by atoms with Gasteiger partial charge in [-0.05, 0) is 36.1 Å². The van der Waals surface area contributed by atoms with Crippen molar-refractivity contribution >= 4 is 33.9 Å². The molecule has 0 spiro atoms. The number of nitrogens with zero attached hydrogens (tertiary/aromatic N) is 1. The Kier molecular flexibility index (Phi) is 2.85. The topological polar surface area (TPSA) is 62.8 Å². The number of carbonyl (C=O) groups excluding carboxylic acids is 2. The highest BCUT2D eigenvalue weighted by molar-refractivity contribution is 7.13. The van der Waals surface area contributed by atoms with Gasteiger partial charge in [0.1, 0.15) is 11.3 Å². The van der Waals surface area contributed by atoms with Crippen LogP contribution in [-0.4, -0.2) is 21.5 Å². The minimum atomic E-state index is -0.142. The molecule has 1 aliphatic rings. The van der Waals surface area contributed by atoms with E-state index >= 15 is 0 Å². The van der Waals surface area contributed by atoms with E-state index in [2.05, 4.69) is 9.97 Å². The lowest BCUT2D eigenvalue weighted by atomic mass is 9.83. The number of aryl methyl sites for hydroxylation is 1. The largest absolute Gasteiger partial charge is 0.337 e. The van der Waals surface area contributed by atoms with Crippen LogP contribution in [0, 0.1) is 6.92 Å². The predicted molar refractivity (Wildman–Crippen MR) is 97.5 cm³/mol. The molecule has 25 heavy (non-hydrogen) atoms. The van der Waals surface area contributed by atoms with Gasteiger partial charge in [0.15, 0.2) is 11.6 Å². The van der Waals surface area contributed by atoms with Gasteiger partial charge >= 0.3 is 0 Å². The number of carbonyl (C=O) groups is 2. The van der Waals surface area contributed by atoms with Crippen LogP contribution in [0.3, 0.4) is 0 Å². The second-order valence-electron chi connectivity index (χ2n) is 6.11. The average Bonchev–Trinajstić information content (AvgIpc) is 3.24. The molecule has 0 radical (unpaired) electrons. The Balaban J connectivity index is 1.80. The van der Waals surface area contributed by atoms with Crippen LogP contribution in [0.4, 0.5) is 0 Å². The van der Waals surface area contributed by atoms with Gasteiger partial charge in [0, 0.05) is 16.7 Å². The number of hydrogen-bond acceptors (Lipinski definition) is 4. The molecule has 0 saturated heterocycles. The van der Waals surface area contributed by atoms with E-state index in [1.54, 1.807) is 41.7 Å². The predicted octanol–water partition coefficient (Wildman–Crippen LogP) is 4.38. The van der Waals surface area contributed by atoms with E-state index < -0.39 is 0 Å². The summed E-state index contributed by atoms with van der Waals surface area (Å²) in [4.78, 5) is 34.8. The van der Waals surface area contributed by atoms with E-state index in [9.17, 15) is 9.59 Å². The minimum absolute atomic E-state index is 0.121.